The summed E-state index contributed by atoms with van der Waals surface area (Å²) in [6.45, 7) is 5.24. The molecule has 3 aromatic rings. The molecule has 0 saturated carbocycles. The maximum atomic E-state index is 13.7. The topological polar surface area (TPSA) is 97.3 Å². The highest BCUT2D eigenvalue weighted by atomic mass is 32.2. The molecule has 0 spiro atoms. The zero-order valence-electron chi connectivity index (χ0n) is 20.4. The molecule has 0 heterocycles. The molecule has 0 saturated heterocycles. The van der Waals surface area contributed by atoms with Crippen molar-refractivity contribution in [2.45, 2.75) is 25.7 Å². The van der Waals surface area contributed by atoms with Gasteiger partial charge in [0.05, 0.1) is 31.0 Å². The molecule has 0 aliphatic heterocycles. The van der Waals surface area contributed by atoms with E-state index in [0.29, 0.717) is 11.4 Å². The van der Waals surface area contributed by atoms with Crippen molar-refractivity contribution in [2.75, 3.05) is 25.1 Å². The van der Waals surface area contributed by atoms with E-state index in [2.05, 4.69) is 10.5 Å². The Balaban J connectivity index is 1.93. The fourth-order valence-corrected chi connectivity index (χ4v) is 4.93. The molecule has 0 atom stereocenters. The first-order valence-electron chi connectivity index (χ1n) is 10.9. The van der Waals surface area contributed by atoms with Crippen LogP contribution in [-0.4, -0.2) is 41.3 Å². The van der Waals surface area contributed by atoms with Crippen LogP contribution in [0.15, 0.2) is 70.7 Å². The number of carbonyl (C=O) groups excluding carboxylic acids is 1. The number of amides is 1. The fraction of sp³-hybridized carbons (Fsp3) is 0.231. The van der Waals surface area contributed by atoms with E-state index in [4.69, 9.17) is 9.47 Å². The molecule has 8 nitrogen and oxygen atoms in total. The summed E-state index contributed by atoms with van der Waals surface area (Å²) in [7, 11) is -1.24. The first-order chi connectivity index (χ1) is 16.6. The van der Waals surface area contributed by atoms with Crippen LogP contribution in [0.3, 0.4) is 0 Å². The van der Waals surface area contributed by atoms with Gasteiger partial charge in [-0.25, -0.2) is 13.8 Å². The van der Waals surface area contributed by atoms with Crippen LogP contribution in [0.25, 0.3) is 0 Å². The molecular weight excluding hydrogens is 466 g/mol. The first-order valence-corrected chi connectivity index (χ1v) is 12.3. The van der Waals surface area contributed by atoms with Gasteiger partial charge in [0.2, 0.25) is 0 Å². The van der Waals surface area contributed by atoms with Crippen LogP contribution in [0.2, 0.25) is 0 Å². The number of rotatable bonds is 9. The second-order valence-corrected chi connectivity index (χ2v) is 9.94. The predicted molar refractivity (Wildman–Crippen MR) is 137 cm³/mol. The summed E-state index contributed by atoms with van der Waals surface area (Å²) in [5.74, 6) is 0.0743. The quantitative estimate of drug-likeness (QED) is 0.358. The summed E-state index contributed by atoms with van der Waals surface area (Å²) in [5, 5.41) is 3.98. The number of carbonyl (C=O) groups is 1. The number of methoxy groups -OCH3 is 2. The molecule has 0 fully saturated rings. The van der Waals surface area contributed by atoms with Crippen molar-refractivity contribution in [1.82, 2.24) is 5.43 Å². The maximum Gasteiger partial charge on any atom is 0.264 e. The Morgan fingerprint density at radius 2 is 1.51 bits per heavy atom. The fourth-order valence-electron chi connectivity index (χ4n) is 3.51. The third-order valence-electron chi connectivity index (χ3n) is 5.20. The second-order valence-electron chi connectivity index (χ2n) is 8.08. The van der Waals surface area contributed by atoms with Crippen LogP contribution in [0.1, 0.15) is 22.3 Å². The van der Waals surface area contributed by atoms with Gasteiger partial charge in [-0.1, -0.05) is 35.9 Å². The number of ether oxygens (including phenoxy) is 2. The molecule has 0 radical (unpaired) electrons. The van der Waals surface area contributed by atoms with Crippen molar-refractivity contribution in [3.8, 4) is 11.5 Å². The molecule has 3 aromatic carbocycles. The van der Waals surface area contributed by atoms with Gasteiger partial charge in [-0.2, -0.15) is 5.10 Å². The van der Waals surface area contributed by atoms with E-state index >= 15 is 0 Å². The van der Waals surface area contributed by atoms with Crippen molar-refractivity contribution < 1.29 is 22.7 Å². The van der Waals surface area contributed by atoms with E-state index in [1.54, 1.807) is 12.1 Å². The molecule has 0 bridgehead atoms. The van der Waals surface area contributed by atoms with Crippen LogP contribution in [-0.2, 0) is 14.8 Å². The molecule has 35 heavy (non-hydrogen) atoms. The highest BCUT2D eigenvalue weighted by Gasteiger charge is 2.28. The standard InChI is InChI=1S/C26H29N3O5S/c1-18-6-8-21(9-7-18)16-27-28-26(30)17-29(22-13-19(2)12-20(3)14-22)35(31,32)23-10-11-24(33-4)25(15-23)34-5/h6-16H,17H2,1-5H3,(H,28,30)/b27-16-. The average Bonchev–Trinajstić information content (AvgIpc) is 2.82. The van der Waals surface area contributed by atoms with Gasteiger partial charge in [0.1, 0.15) is 6.54 Å². The summed E-state index contributed by atoms with van der Waals surface area (Å²) in [4.78, 5) is 12.7. The minimum Gasteiger partial charge on any atom is -0.493 e. The molecule has 184 valence electrons. The largest absolute Gasteiger partial charge is 0.493 e. The van der Waals surface area contributed by atoms with Gasteiger partial charge in [-0.3, -0.25) is 9.10 Å². The highest BCUT2D eigenvalue weighted by molar-refractivity contribution is 7.92. The lowest BCUT2D eigenvalue weighted by atomic mass is 10.1. The van der Waals surface area contributed by atoms with Crippen molar-refractivity contribution in [3.63, 3.8) is 0 Å². The third kappa shape index (κ3) is 6.39. The second kappa shape index (κ2) is 11.1. The smallest absolute Gasteiger partial charge is 0.264 e. The number of anilines is 1. The summed E-state index contributed by atoms with van der Waals surface area (Å²) in [6, 6.07) is 17.3. The third-order valence-corrected chi connectivity index (χ3v) is 6.97. The maximum absolute atomic E-state index is 13.7. The van der Waals surface area contributed by atoms with Crippen molar-refractivity contribution in [1.29, 1.82) is 0 Å². The van der Waals surface area contributed by atoms with Crippen LogP contribution in [0.4, 0.5) is 5.69 Å². The molecule has 0 aromatic heterocycles. The molecular formula is C26H29N3O5S. The predicted octanol–water partition coefficient (Wildman–Crippen LogP) is 3.97. The van der Waals surface area contributed by atoms with Crippen LogP contribution in [0.5, 0.6) is 11.5 Å². The van der Waals surface area contributed by atoms with E-state index in [-0.39, 0.29) is 10.6 Å². The lowest BCUT2D eigenvalue weighted by molar-refractivity contribution is -0.119. The SMILES string of the molecule is COc1ccc(S(=O)(=O)N(CC(=O)N/N=C\c2ccc(C)cc2)c2cc(C)cc(C)c2)cc1OC. The number of hydrogen-bond donors (Lipinski definition) is 1. The molecule has 9 heteroatoms. The zero-order chi connectivity index (χ0) is 25.6. The lowest BCUT2D eigenvalue weighted by Gasteiger charge is -2.25. The van der Waals surface area contributed by atoms with E-state index in [1.165, 1.54) is 38.6 Å². The number of benzene rings is 3. The van der Waals surface area contributed by atoms with Gasteiger partial charge in [0, 0.05) is 6.07 Å². The summed E-state index contributed by atoms with van der Waals surface area (Å²) >= 11 is 0. The van der Waals surface area contributed by atoms with Gasteiger partial charge in [0.15, 0.2) is 11.5 Å². The van der Waals surface area contributed by atoms with Gasteiger partial charge >= 0.3 is 0 Å². The van der Waals surface area contributed by atoms with Crippen LogP contribution < -0.4 is 19.2 Å². The summed E-state index contributed by atoms with van der Waals surface area (Å²) < 4.78 is 38.9. The van der Waals surface area contributed by atoms with E-state index in [0.717, 1.165) is 26.6 Å². The molecule has 1 amide bonds. The highest BCUT2D eigenvalue weighted by Crippen LogP contribution is 2.32. The van der Waals surface area contributed by atoms with Crippen molar-refractivity contribution in [3.05, 3.63) is 82.9 Å². The lowest BCUT2D eigenvalue weighted by Crippen LogP contribution is -2.39. The number of nitrogens with one attached hydrogen (secondary N) is 1. The first kappa shape index (κ1) is 25.8. The Kier molecular flexibility index (Phi) is 8.14. The van der Waals surface area contributed by atoms with Gasteiger partial charge in [-0.15, -0.1) is 0 Å². The molecule has 0 unspecified atom stereocenters. The van der Waals surface area contributed by atoms with Gasteiger partial charge in [-0.05, 0) is 61.7 Å². The molecule has 0 aliphatic rings. The van der Waals surface area contributed by atoms with Crippen LogP contribution in [0, 0.1) is 20.8 Å². The van der Waals surface area contributed by atoms with Crippen molar-refractivity contribution >= 4 is 27.8 Å². The van der Waals surface area contributed by atoms with E-state index < -0.39 is 22.5 Å². The van der Waals surface area contributed by atoms with Gasteiger partial charge in [0.25, 0.3) is 15.9 Å². The number of aryl methyl sites for hydroxylation is 3. The van der Waals surface area contributed by atoms with Gasteiger partial charge < -0.3 is 9.47 Å². The average molecular weight is 496 g/mol. The minimum atomic E-state index is -4.14. The summed E-state index contributed by atoms with van der Waals surface area (Å²) in [6.07, 6.45) is 1.50. The molecule has 3 rings (SSSR count). The normalized spacial score (nSPS) is 11.3. The number of nitrogens with zero attached hydrogens (tertiary/aromatic N) is 2. The number of sulfonamides is 1. The molecule has 0 aliphatic carbocycles. The molecule has 1 N–H and O–H groups in total. The Labute approximate surface area is 206 Å². The Morgan fingerprint density at radius 3 is 2.11 bits per heavy atom. The zero-order valence-corrected chi connectivity index (χ0v) is 21.2. The Bertz CT molecular complexity index is 1320. The Morgan fingerprint density at radius 1 is 0.886 bits per heavy atom. The minimum absolute atomic E-state index is 0.0368. The number of hydrazone groups is 1. The number of hydrogen-bond acceptors (Lipinski definition) is 6. The van der Waals surface area contributed by atoms with Crippen molar-refractivity contribution in [2.24, 2.45) is 5.10 Å². The summed E-state index contributed by atoms with van der Waals surface area (Å²) in [5.41, 5.74) is 6.43. The monoisotopic (exact) mass is 495 g/mol. The van der Waals surface area contributed by atoms with E-state index in [9.17, 15) is 13.2 Å². The Hall–Kier alpha value is -3.85. The van der Waals surface area contributed by atoms with Crippen LogP contribution >= 0.6 is 0 Å². The van der Waals surface area contributed by atoms with E-state index in [1.807, 2.05) is 51.1 Å².